The fourth-order valence-electron chi connectivity index (χ4n) is 10.5. The Bertz CT molecular complexity index is 3140. The van der Waals surface area contributed by atoms with E-state index in [9.17, 15) is 53.1 Å². The molecule has 1 aliphatic carbocycles. The van der Waals surface area contributed by atoms with Crippen molar-refractivity contribution in [2.24, 2.45) is 0 Å². The Morgan fingerprint density at radius 2 is 1.49 bits per heavy atom. The van der Waals surface area contributed by atoms with Gasteiger partial charge in [-0.3, -0.25) is 48.1 Å². The molecule has 0 saturated carbocycles. The second-order valence-corrected chi connectivity index (χ2v) is 20.0. The molecule has 0 bridgehead atoms. The van der Waals surface area contributed by atoms with Crippen molar-refractivity contribution in [3.05, 3.63) is 110 Å². The number of fused-ring (bicyclic) bond motifs is 5. The van der Waals surface area contributed by atoms with Crippen molar-refractivity contribution in [2.75, 3.05) is 32.7 Å². The van der Waals surface area contributed by atoms with E-state index in [1.165, 1.54) is 22.8 Å². The third kappa shape index (κ3) is 12.6. The summed E-state index contributed by atoms with van der Waals surface area (Å²) in [6, 6.07) is 10.7. The molecule has 8 amide bonds. The number of nitrogens with zero attached hydrogens (tertiary/aromatic N) is 3. The topological polar surface area (TPSA) is 293 Å². The van der Waals surface area contributed by atoms with E-state index >= 15 is 4.39 Å². The van der Waals surface area contributed by atoms with Crippen LogP contribution in [0.5, 0.6) is 0 Å². The summed E-state index contributed by atoms with van der Waals surface area (Å²) in [7, 11) is 0. The van der Waals surface area contributed by atoms with Crippen LogP contribution in [-0.2, 0) is 79.5 Å². The number of aliphatic hydroxyl groups is 1. The lowest BCUT2D eigenvalue weighted by Gasteiger charge is -2.31. The molecule has 21 nitrogen and oxygen atoms in total. The van der Waals surface area contributed by atoms with Gasteiger partial charge in [-0.1, -0.05) is 50.1 Å². The average molecular weight is 1070 g/mol. The minimum absolute atomic E-state index is 0.0241. The monoisotopic (exact) mass is 1070 g/mol. The number of hydrogen-bond donors (Lipinski definition) is 7. The normalized spacial score (nSPS) is 17.2. The number of pyridine rings is 2. The molecule has 4 aliphatic rings. The Kier molecular flexibility index (Phi) is 17.9. The Hall–Kier alpha value is -8.14. The van der Waals surface area contributed by atoms with Crippen LogP contribution in [0, 0.1) is 12.7 Å². The maximum Gasteiger partial charge on any atom is 0.343 e. The first-order chi connectivity index (χ1) is 37.5. The minimum atomic E-state index is -2.02. The van der Waals surface area contributed by atoms with Gasteiger partial charge >= 0.3 is 5.97 Å². The molecule has 412 valence electrons. The van der Waals surface area contributed by atoms with Gasteiger partial charge < -0.3 is 46.3 Å². The zero-order valence-electron chi connectivity index (χ0n) is 43.7. The molecule has 3 aliphatic heterocycles. The molecule has 3 atom stereocenters. The predicted octanol–water partition coefficient (Wildman–Crippen LogP) is 2.26. The SMILES string of the molecule is CC[C@@]1(O)C(=O)OCc2c1cc1n(c2=O)Cc2c-1nc1cc(F)c(C)c3c1c2[C@@H](NC(=O)CCCCCNC(=O)CNC(=O)[C@H](CCc1ccccc1)NC(=O)CNC(=O)CNC(=O)CCCCCN1C(=O)C=CC1=O)CC3. The molecule has 0 fully saturated rings. The number of imide groups is 1. The summed E-state index contributed by atoms with van der Waals surface area (Å²) in [5.41, 5.74) is 2.68. The number of benzene rings is 2. The summed E-state index contributed by atoms with van der Waals surface area (Å²) in [5, 5.41) is 28.2. The fraction of sp³-hybridized carbons (Fsp3) is 0.446. The quantitative estimate of drug-likeness (QED) is 0.0251. The van der Waals surface area contributed by atoms with Gasteiger partial charge in [-0.15, -0.1) is 0 Å². The van der Waals surface area contributed by atoms with Crippen LogP contribution in [-0.4, -0.2) is 112 Å². The Morgan fingerprint density at radius 1 is 0.808 bits per heavy atom. The average Bonchev–Trinajstić information content (AvgIpc) is 4.15. The summed E-state index contributed by atoms with van der Waals surface area (Å²) >= 11 is 0. The van der Waals surface area contributed by atoms with Gasteiger partial charge in [0.25, 0.3) is 17.4 Å². The van der Waals surface area contributed by atoms with Crippen molar-refractivity contribution in [1.82, 2.24) is 46.4 Å². The van der Waals surface area contributed by atoms with Crippen molar-refractivity contribution >= 4 is 64.1 Å². The van der Waals surface area contributed by atoms with Gasteiger partial charge in [0, 0.05) is 60.7 Å². The second-order valence-electron chi connectivity index (χ2n) is 20.0. The molecule has 5 heterocycles. The number of aryl methyl sites for hydroxylation is 2. The Morgan fingerprint density at radius 3 is 2.23 bits per heavy atom. The first kappa shape index (κ1) is 56.1. The van der Waals surface area contributed by atoms with Gasteiger partial charge in [-0.25, -0.2) is 14.2 Å². The number of ether oxygens (including phenoxy) is 1. The van der Waals surface area contributed by atoms with E-state index in [1.807, 2.05) is 30.3 Å². The number of amides is 8. The van der Waals surface area contributed by atoms with E-state index in [0.717, 1.165) is 27.0 Å². The van der Waals surface area contributed by atoms with E-state index in [0.29, 0.717) is 85.8 Å². The molecular weight excluding hydrogens is 1010 g/mol. The molecule has 0 saturated heterocycles. The highest BCUT2D eigenvalue weighted by molar-refractivity contribution is 6.12. The summed E-state index contributed by atoms with van der Waals surface area (Å²) in [6.07, 6.45) is 7.47. The smallest absolute Gasteiger partial charge is 0.343 e. The molecule has 8 rings (SSSR count). The number of esters is 1. The standard InChI is InChI=1S/C56H64FN9O12/c1-3-56(77)37-25-42-52-35(30-66(42)54(75)36(37)31-78-55(56)76)51-39(20-18-34-32(2)38(57)26-41(64-52)50(34)51)62-44(68)16-9-5-11-23-58-45(69)28-61-53(74)40(19-17-33-13-7-4-8-14-33)63-47(71)29-60-46(70)27-59-43(67)15-10-6-12-24-65-48(72)21-22-49(65)73/h4,7-8,13-14,21-22,25-26,39-40,77H,3,5-6,9-12,15-20,23-24,27-31H2,1-2H3,(H,58,69)(H,59,67)(H,60,70)(H,61,74)(H,62,68)(H,63,71)/t39-,40-,56-/m0/s1. The van der Waals surface area contributed by atoms with Crippen LogP contribution in [0.2, 0.25) is 0 Å². The second kappa shape index (κ2) is 24.9. The van der Waals surface area contributed by atoms with E-state index in [2.05, 4.69) is 31.9 Å². The number of carbonyl (C=O) groups excluding carboxylic acids is 9. The number of aromatic nitrogens is 2. The number of halogens is 1. The summed E-state index contributed by atoms with van der Waals surface area (Å²) in [4.78, 5) is 133. The highest BCUT2D eigenvalue weighted by Gasteiger charge is 2.46. The van der Waals surface area contributed by atoms with Crippen LogP contribution in [0.3, 0.4) is 0 Å². The van der Waals surface area contributed by atoms with Crippen LogP contribution in [0.25, 0.3) is 22.3 Å². The summed E-state index contributed by atoms with van der Waals surface area (Å²) in [5.74, 6) is -4.95. The summed E-state index contributed by atoms with van der Waals surface area (Å²) < 4.78 is 22.1. The molecule has 2 aromatic heterocycles. The zero-order valence-corrected chi connectivity index (χ0v) is 43.7. The van der Waals surface area contributed by atoms with Gasteiger partial charge in [0.15, 0.2) is 5.60 Å². The van der Waals surface area contributed by atoms with Crippen molar-refractivity contribution in [1.29, 1.82) is 0 Å². The molecule has 78 heavy (non-hydrogen) atoms. The Balaban J connectivity index is 0.772. The zero-order chi connectivity index (χ0) is 55.7. The molecular formula is C56H64FN9O12. The lowest BCUT2D eigenvalue weighted by atomic mass is 9.81. The van der Waals surface area contributed by atoms with Crippen molar-refractivity contribution in [2.45, 2.75) is 128 Å². The number of rotatable bonds is 25. The van der Waals surface area contributed by atoms with Crippen LogP contribution < -0.4 is 37.5 Å². The molecule has 7 N–H and O–H groups in total. The number of cyclic esters (lactones) is 1. The van der Waals surface area contributed by atoms with Crippen LogP contribution >= 0.6 is 0 Å². The maximum absolute atomic E-state index is 15.4. The van der Waals surface area contributed by atoms with Gasteiger partial charge in [-0.05, 0) is 93.0 Å². The highest BCUT2D eigenvalue weighted by atomic mass is 19.1. The van der Waals surface area contributed by atoms with Gasteiger partial charge in [0.1, 0.15) is 18.5 Å². The van der Waals surface area contributed by atoms with Gasteiger partial charge in [-0.2, -0.15) is 0 Å². The van der Waals surface area contributed by atoms with E-state index in [4.69, 9.17) is 9.72 Å². The van der Waals surface area contributed by atoms with Crippen LogP contribution in [0.15, 0.2) is 59.4 Å². The van der Waals surface area contributed by atoms with Gasteiger partial charge in [0.2, 0.25) is 35.4 Å². The maximum atomic E-state index is 15.4. The fourth-order valence-corrected chi connectivity index (χ4v) is 10.5. The number of hydrogen-bond acceptors (Lipinski definition) is 13. The van der Waals surface area contributed by atoms with Crippen LogP contribution in [0.4, 0.5) is 4.39 Å². The highest BCUT2D eigenvalue weighted by Crippen LogP contribution is 2.46. The number of unbranched alkanes of at least 4 members (excludes halogenated alkanes) is 4. The lowest BCUT2D eigenvalue weighted by Crippen LogP contribution is -2.51. The van der Waals surface area contributed by atoms with Crippen molar-refractivity contribution in [3.63, 3.8) is 0 Å². The van der Waals surface area contributed by atoms with Crippen LogP contribution in [0.1, 0.15) is 123 Å². The summed E-state index contributed by atoms with van der Waals surface area (Å²) in [6.45, 7) is 2.46. The van der Waals surface area contributed by atoms with E-state index in [-0.39, 0.29) is 99.8 Å². The molecule has 0 spiro atoms. The molecule has 22 heteroatoms. The molecule has 0 unspecified atom stereocenters. The van der Waals surface area contributed by atoms with E-state index < -0.39 is 65.2 Å². The third-order valence-electron chi connectivity index (χ3n) is 14.8. The molecule has 0 radical (unpaired) electrons. The van der Waals surface area contributed by atoms with Crippen molar-refractivity contribution in [3.8, 4) is 11.4 Å². The first-order valence-corrected chi connectivity index (χ1v) is 26.5. The van der Waals surface area contributed by atoms with E-state index in [1.54, 1.807) is 19.9 Å². The third-order valence-corrected chi connectivity index (χ3v) is 14.8. The Labute approximate surface area is 448 Å². The number of carbonyl (C=O) groups is 9. The largest absolute Gasteiger partial charge is 0.458 e. The molecule has 2 aromatic carbocycles. The molecule has 4 aromatic rings. The first-order valence-electron chi connectivity index (χ1n) is 26.5. The van der Waals surface area contributed by atoms with Gasteiger partial charge in [0.05, 0.1) is 54.7 Å². The van der Waals surface area contributed by atoms with Crippen molar-refractivity contribution < 1.29 is 57.4 Å². The predicted molar refractivity (Wildman–Crippen MR) is 280 cm³/mol. The minimum Gasteiger partial charge on any atom is -0.458 e. The lowest BCUT2D eigenvalue weighted by molar-refractivity contribution is -0.172. The number of nitrogens with one attached hydrogen (secondary N) is 6.